The van der Waals surface area contributed by atoms with Crippen LogP contribution in [-0.2, 0) is 4.79 Å². The van der Waals surface area contributed by atoms with Crippen molar-refractivity contribution in [2.45, 2.75) is 6.92 Å². The highest BCUT2D eigenvalue weighted by molar-refractivity contribution is 5.94. The van der Waals surface area contributed by atoms with Gasteiger partial charge in [-0.2, -0.15) is 0 Å². The van der Waals surface area contributed by atoms with Gasteiger partial charge >= 0.3 is 11.6 Å². The van der Waals surface area contributed by atoms with Crippen molar-refractivity contribution in [3.8, 4) is 5.75 Å². The highest BCUT2D eigenvalue weighted by Gasteiger charge is 2.12. The van der Waals surface area contributed by atoms with Crippen molar-refractivity contribution in [2.75, 3.05) is 0 Å². The zero-order valence-electron chi connectivity index (χ0n) is 9.51. The third-order valence-electron chi connectivity index (χ3n) is 2.52. The van der Waals surface area contributed by atoms with E-state index in [2.05, 4.69) is 0 Å². The molecule has 2 N–H and O–H groups in total. The smallest absolute Gasteiger partial charge is 0.344 e. The quantitative estimate of drug-likeness (QED) is 0.791. The normalized spacial score (nSPS) is 11.7. The van der Waals surface area contributed by atoms with Crippen molar-refractivity contribution in [2.24, 2.45) is 0 Å². The van der Waals surface area contributed by atoms with E-state index in [0.29, 0.717) is 5.39 Å². The van der Waals surface area contributed by atoms with Crippen LogP contribution in [0, 0.1) is 0 Å². The molecule has 1 aromatic carbocycles. The Kier molecular flexibility index (Phi) is 2.89. The third-order valence-corrected chi connectivity index (χ3v) is 2.52. The van der Waals surface area contributed by atoms with E-state index in [9.17, 15) is 14.7 Å². The molecule has 0 spiro atoms. The Morgan fingerprint density at radius 2 is 1.89 bits per heavy atom. The van der Waals surface area contributed by atoms with Crippen molar-refractivity contribution < 1.29 is 19.4 Å². The molecular formula is C13H10O5. The lowest BCUT2D eigenvalue weighted by molar-refractivity contribution is -0.132. The lowest BCUT2D eigenvalue weighted by Gasteiger charge is -2.03. The molecule has 1 heterocycles. The van der Waals surface area contributed by atoms with E-state index in [0.717, 1.165) is 6.08 Å². The Balaban J connectivity index is 2.75. The second-order valence-corrected chi connectivity index (χ2v) is 3.78. The van der Waals surface area contributed by atoms with Gasteiger partial charge in [-0.1, -0.05) is 18.2 Å². The van der Waals surface area contributed by atoms with Crippen LogP contribution in [0.3, 0.4) is 0 Å². The van der Waals surface area contributed by atoms with E-state index in [1.54, 1.807) is 18.2 Å². The van der Waals surface area contributed by atoms with E-state index in [4.69, 9.17) is 9.52 Å². The highest BCUT2D eigenvalue weighted by Crippen LogP contribution is 2.27. The monoisotopic (exact) mass is 246 g/mol. The summed E-state index contributed by atoms with van der Waals surface area (Å²) in [6, 6.07) is 6.41. The number of hydrogen-bond donors (Lipinski definition) is 2. The average Bonchev–Trinajstić information content (AvgIpc) is 2.35. The fraction of sp³-hybridized carbons (Fsp3) is 0.0769. The predicted octanol–water partition coefficient (Wildman–Crippen LogP) is 1.99. The summed E-state index contributed by atoms with van der Waals surface area (Å²) in [5.41, 5.74) is -0.656. The lowest BCUT2D eigenvalue weighted by Crippen LogP contribution is -2.02. The maximum Gasteiger partial charge on any atom is 0.344 e. The van der Waals surface area contributed by atoms with Crippen LogP contribution < -0.4 is 5.63 Å². The first-order chi connectivity index (χ1) is 8.50. The molecule has 0 aliphatic rings. The summed E-state index contributed by atoms with van der Waals surface area (Å²) in [5.74, 6) is -1.55. The van der Waals surface area contributed by atoms with E-state index in [1.807, 2.05) is 0 Å². The molecule has 5 heteroatoms. The Labute approximate surface area is 102 Å². The Morgan fingerprint density at radius 3 is 2.50 bits per heavy atom. The molecule has 0 saturated carbocycles. The zero-order chi connectivity index (χ0) is 13.3. The molecule has 2 rings (SSSR count). The summed E-state index contributed by atoms with van der Waals surface area (Å²) in [6.07, 6.45) is 1.12. The van der Waals surface area contributed by atoms with Crippen LogP contribution in [0.5, 0.6) is 5.75 Å². The van der Waals surface area contributed by atoms with Crippen LogP contribution in [0.1, 0.15) is 12.7 Å². The molecule has 92 valence electrons. The molecule has 0 bridgehead atoms. The van der Waals surface area contributed by atoms with Gasteiger partial charge < -0.3 is 14.6 Å². The highest BCUT2D eigenvalue weighted by atomic mass is 16.4. The van der Waals surface area contributed by atoms with Gasteiger partial charge in [0, 0.05) is 11.0 Å². The summed E-state index contributed by atoms with van der Waals surface area (Å²) in [6.45, 7) is 1.34. The first kappa shape index (κ1) is 11.9. The van der Waals surface area contributed by atoms with Gasteiger partial charge in [-0.3, -0.25) is 0 Å². The first-order valence-corrected chi connectivity index (χ1v) is 5.17. The summed E-state index contributed by atoms with van der Waals surface area (Å²) in [5, 5.41) is 19.3. The van der Waals surface area contributed by atoms with Gasteiger partial charge in [0.15, 0.2) is 11.5 Å². The Hall–Kier alpha value is -2.56. The van der Waals surface area contributed by atoms with E-state index in [-0.39, 0.29) is 22.5 Å². The molecule has 0 radical (unpaired) electrons. The van der Waals surface area contributed by atoms with Crippen molar-refractivity contribution in [1.29, 1.82) is 0 Å². The molecule has 0 saturated heterocycles. The number of carbonyl (C=O) groups is 1. The number of aliphatic carboxylic acids is 1. The van der Waals surface area contributed by atoms with Crippen molar-refractivity contribution in [3.05, 3.63) is 46.0 Å². The fourth-order valence-corrected chi connectivity index (χ4v) is 1.56. The number of hydrogen-bond acceptors (Lipinski definition) is 4. The largest absolute Gasteiger partial charge is 0.504 e. The number of carboxylic acid groups (broad SMARTS) is 1. The first-order valence-electron chi connectivity index (χ1n) is 5.17. The van der Waals surface area contributed by atoms with Gasteiger partial charge in [0.05, 0.1) is 5.39 Å². The molecule has 0 amide bonds. The maximum absolute atomic E-state index is 11.6. The molecular weight excluding hydrogens is 236 g/mol. The van der Waals surface area contributed by atoms with Gasteiger partial charge in [0.2, 0.25) is 0 Å². The molecule has 0 aliphatic heterocycles. The third kappa shape index (κ3) is 1.98. The molecule has 0 fully saturated rings. The molecule has 18 heavy (non-hydrogen) atoms. The molecule has 0 atom stereocenters. The summed E-state index contributed by atoms with van der Waals surface area (Å²) >= 11 is 0. The zero-order valence-corrected chi connectivity index (χ0v) is 9.51. The molecule has 0 aliphatic carbocycles. The minimum Gasteiger partial charge on any atom is -0.504 e. The van der Waals surface area contributed by atoms with Crippen molar-refractivity contribution in [3.63, 3.8) is 0 Å². The molecule has 2 aromatic rings. The summed E-state index contributed by atoms with van der Waals surface area (Å²) in [7, 11) is 0. The second kappa shape index (κ2) is 4.37. The second-order valence-electron chi connectivity index (χ2n) is 3.78. The summed E-state index contributed by atoms with van der Waals surface area (Å²) in [4.78, 5) is 22.3. The number of rotatable bonds is 2. The van der Waals surface area contributed by atoms with Crippen LogP contribution in [-0.4, -0.2) is 16.2 Å². The van der Waals surface area contributed by atoms with Crippen molar-refractivity contribution in [1.82, 2.24) is 0 Å². The van der Waals surface area contributed by atoms with E-state index >= 15 is 0 Å². The van der Waals surface area contributed by atoms with Crippen LogP contribution in [0.25, 0.3) is 16.8 Å². The number of fused-ring (bicyclic) bond motifs is 1. The van der Waals surface area contributed by atoms with E-state index < -0.39 is 11.6 Å². The van der Waals surface area contributed by atoms with E-state index in [1.165, 1.54) is 13.0 Å². The SMILES string of the molecule is CC(=Cc1oc(=O)c2ccccc2c1O)C(=O)O. The van der Waals surface area contributed by atoms with Crippen molar-refractivity contribution >= 4 is 22.8 Å². The van der Waals surface area contributed by atoms with Crippen LogP contribution >= 0.6 is 0 Å². The van der Waals surface area contributed by atoms with Crippen LogP contribution in [0.15, 0.2) is 39.1 Å². The average molecular weight is 246 g/mol. The minimum atomic E-state index is -1.15. The minimum absolute atomic E-state index is 0.0382. The molecule has 0 unspecified atom stereocenters. The number of aromatic hydroxyl groups is 1. The van der Waals surface area contributed by atoms with Crippen LogP contribution in [0.4, 0.5) is 0 Å². The Bertz CT molecular complexity index is 709. The number of carboxylic acids is 1. The summed E-state index contributed by atoms with van der Waals surface area (Å²) < 4.78 is 4.90. The predicted molar refractivity (Wildman–Crippen MR) is 65.4 cm³/mol. The van der Waals surface area contributed by atoms with Gasteiger partial charge in [0.1, 0.15) is 0 Å². The van der Waals surface area contributed by atoms with Gasteiger partial charge in [-0.05, 0) is 19.1 Å². The topological polar surface area (TPSA) is 87.7 Å². The Morgan fingerprint density at radius 1 is 1.28 bits per heavy atom. The number of benzene rings is 1. The fourth-order valence-electron chi connectivity index (χ4n) is 1.56. The molecule has 5 nitrogen and oxygen atoms in total. The van der Waals surface area contributed by atoms with Gasteiger partial charge in [-0.15, -0.1) is 0 Å². The van der Waals surface area contributed by atoms with Crippen LogP contribution in [0.2, 0.25) is 0 Å². The lowest BCUT2D eigenvalue weighted by atomic mass is 10.1. The molecule has 1 aromatic heterocycles. The standard InChI is InChI=1S/C13H10O5/c1-7(12(15)16)6-10-11(14)8-4-2-3-5-9(8)13(17)18-10/h2-6,14H,1H3,(H,15,16). The maximum atomic E-state index is 11.6. The van der Waals surface area contributed by atoms with Gasteiger partial charge in [-0.25, -0.2) is 9.59 Å². The van der Waals surface area contributed by atoms with Gasteiger partial charge in [0.25, 0.3) is 0 Å².